The summed E-state index contributed by atoms with van der Waals surface area (Å²) in [5.41, 5.74) is 0.797. The molecule has 2 rings (SSSR count). The monoisotopic (exact) mass is 279 g/mol. The molecule has 0 bridgehead atoms. The molecule has 1 aromatic carbocycles. The molecule has 0 radical (unpaired) electrons. The molecule has 104 valence electrons. The van der Waals surface area contributed by atoms with Gasteiger partial charge in [-0.15, -0.1) is 0 Å². The fraction of sp³-hybridized carbons (Fsp3) is 0.500. The first-order chi connectivity index (χ1) is 9.17. The Balaban J connectivity index is 2.36. The first-order valence-electron chi connectivity index (χ1n) is 7.08. The molecule has 1 heterocycles. The first kappa shape index (κ1) is 14.4. The molecule has 19 heavy (non-hydrogen) atoms. The molecule has 3 heteroatoms. The van der Waals surface area contributed by atoms with Crippen molar-refractivity contribution in [3.8, 4) is 0 Å². The third-order valence-corrected chi connectivity index (χ3v) is 3.86. The van der Waals surface area contributed by atoms with Crippen LogP contribution in [0.2, 0.25) is 5.02 Å². The predicted molar refractivity (Wildman–Crippen MR) is 81.7 cm³/mol. The Bertz CT molecular complexity index is 535. The van der Waals surface area contributed by atoms with Crippen molar-refractivity contribution in [2.24, 2.45) is 5.92 Å². The van der Waals surface area contributed by atoms with Crippen molar-refractivity contribution in [2.45, 2.75) is 39.7 Å². The van der Waals surface area contributed by atoms with Crippen LogP contribution in [0.3, 0.4) is 0 Å². The van der Waals surface area contributed by atoms with Gasteiger partial charge in [0.05, 0.1) is 11.1 Å². The predicted octanol–water partition coefficient (Wildman–Crippen LogP) is 5.17. The molecule has 0 aliphatic heterocycles. The second kappa shape index (κ2) is 6.44. The number of fused-ring (bicyclic) bond motifs is 1. The second-order valence-electron chi connectivity index (χ2n) is 5.11. The van der Waals surface area contributed by atoms with Crippen molar-refractivity contribution in [1.82, 2.24) is 5.32 Å². The lowest BCUT2D eigenvalue weighted by Gasteiger charge is -2.22. The van der Waals surface area contributed by atoms with E-state index >= 15 is 0 Å². The quantitative estimate of drug-likeness (QED) is 0.789. The van der Waals surface area contributed by atoms with Gasteiger partial charge in [0.2, 0.25) is 0 Å². The van der Waals surface area contributed by atoms with Crippen molar-refractivity contribution in [1.29, 1.82) is 0 Å². The summed E-state index contributed by atoms with van der Waals surface area (Å²) in [6.45, 7) is 7.55. The van der Waals surface area contributed by atoms with Gasteiger partial charge in [-0.25, -0.2) is 0 Å². The summed E-state index contributed by atoms with van der Waals surface area (Å²) < 4.78 is 5.99. The highest BCUT2D eigenvalue weighted by Crippen LogP contribution is 2.33. The smallest absolute Gasteiger partial charge is 0.152 e. The molecule has 2 atom stereocenters. The highest BCUT2D eigenvalue weighted by atomic mass is 35.5. The lowest BCUT2D eigenvalue weighted by Crippen LogP contribution is -2.26. The normalized spacial score (nSPS) is 14.7. The maximum atomic E-state index is 6.18. The zero-order valence-corrected chi connectivity index (χ0v) is 12.6. The summed E-state index contributed by atoms with van der Waals surface area (Å²) in [4.78, 5) is 0. The Morgan fingerprint density at radius 3 is 2.74 bits per heavy atom. The minimum atomic E-state index is 0.258. The number of hydrogen-bond donors (Lipinski definition) is 1. The number of benzene rings is 1. The molecule has 0 aliphatic rings. The summed E-state index contributed by atoms with van der Waals surface area (Å²) in [5.74, 6) is 1.54. The van der Waals surface area contributed by atoms with Gasteiger partial charge in [0, 0.05) is 5.39 Å². The summed E-state index contributed by atoms with van der Waals surface area (Å²) >= 11 is 6.18. The van der Waals surface area contributed by atoms with Crippen molar-refractivity contribution >= 4 is 22.6 Å². The molecule has 2 nitrogen and oxygen atoms in total. The standard InChI is InChI=1S/C16H22ClNO/c1-4-7-11(3)15(18-5-2)14-10-12-8-6-9-13(17)16(12)19-14/h6,8-11,15,18H,4-5,7H2,1-3H3. The maximum absolute atomic E-state index is 6.18. The van der Waals surface area contributed by atoms with Gasteiger partial charge in [-0.05, 0) is 31.0 Å². The van der Waals surface area contributed by atoms with Crippen LogP contribution in [-0.2, 0) is 0 Å². The van der Waals surface area contributed by atoms with E-state index in [9.17, 15) is 0 Å². The van der Waals surface area contributed by atoms with E-state index in [1.165, 1.54) is 12.8 Å². The average molecular weight is 280 g/mol. The lowest BCUT2D eigenvalue weighted by molar-refractivity contribution is 0.322. The molecule has 0 spiro atoms. The van der Waals surface area contributed by atoms with E-state index in [1.54, 1.807) is 0 Å². The zero-order valence-electron chi connectivity index (χ0n) is 11.9. The zero-order chi connectivity index (χ0) is 13.8. The molecular weight excluding hydrogens is 258 g/mol. The lowest BCUT2D eigenvalue weighted by atomic mass is 9.95. The van der Waals surface area contributed by atoms with Gasteiger partial charge >= 0.3 is 0 Å². The largest absolute Gasteiger partial charge is 0.458 e. The van der Waals surface area contributed by atoms with Gasteiger partial charge in [0.15, 0.2) is 5.58 Å². The van der Waals surface area contributed by atoms with Gasteiger partial charge in [0.25, 0.3) is 0 Å². The van der Waals surface area contributed by atoms with Gasteiger partial charge in [0.1, 0.15) is 5.76 Å². The minimum Gasteiger partial charge on any atom is -0.458 e. The van der Waals surface area contributed by atoms with E-state index < -0.39 is 0 Å². The summed E-state index contributed by atoms with van der Waals surface area (Å²) in [5, 5.41) is 5.29. The molecule has 1 aromatic heterocycles. The Kier molecular flexibility index (Phi) is 4.89. The Morgan fingerprint density at radius 1 is 1.32 bits per heavy atom. The minimum absolute atomic E-state index is 0.258. The molecule has 0 saturated heterocycles. The van der Waals surface area contributed by atoms with Crippen LogP contribution in [0.5, 0.6) is 0 Å². The number of nitrogens with one attached hydrogen (secondary N) is 1. The number of halogens is 1. The maximum Gasteiger partial charge on any atom is 0.152 e. The third-order valence-electron chi connectivity index (χ3n) is 3.56. The van der Waals surface area contributed by atoms with E-state index in [4.69, 9.17) is 16.0 Å². The van der Waals surface area contributed by atoms with Crippen molar-refractivity contribution in [3.05, 3.63) is 35.0 Å². The van der Waals surface area contributed by atoms with Crippen LogP contribution in [0, 0.1) is 5.92 Å². The molecule has 0 fully saturated rings. The Morgan fingerprint density at radius 2 is 2.11 bits per heavy atom. The van der Waals surface area contributed by atoms with Crippen LogP contribution >= 0.6 is 11.6 Å². The summed E-state index contributed by atoms with van der Waals surface area (Å²) in [7, 11) is 0. The molecule has 2 aromatic rings. The van der Waals surface area contributed by atoms with Crippen molar-refractivity contribution < 1.29 is 4.42 Å². The average Bonchev–Trinajstić information content (AvgIpc) is 2.81. The van der Waals surface area contributed by atoms with Gasteiger partial charge in [-0.3, -0.25) is 0 Å². The third kappa shape index (κ3) is 3.13. The van der Waals surface area contributed by atoms with Crippen molar-refractivity contribution in [2.75, 3.05) is 6.54 Å². The van der Waals surface area contributed by atoms with E-state index in [0.717, 1.165) is 23.3 Å². The van der Waals surface area contributed by atoms with Crippen LogP contribution in [0.1, 0.15) is 45.4 Å². The van der Waals surface area contributed by atoms with E-state index in [1.807, 2.05) is 18.2 Å². The Hall–Kier alpha value is -0.990. The van der Waals surface area contributed by atoms with Gasteiger partial charge in [-0.2, -0.15) is 0 Å². The highest BCUT2D eigenvalue weighted by molar-refractivity contribution is 6.34. The van der Waals surface area contributed by atoms with E-state index in [-0.39, 0.29) is 6.04 Å². The molecule has 0 aliphatic carbocycles. The molecule has 2 unspecified atom stereocenters. The van der Waals surface area contributed by atoms with Crippen LogP contribution in [0.15, 0.2) is 28.7 Å². The first-order valence-corrected chi connectivity index (χ1v) is 7.46. The number of rotatable bonds is 6. The highest BCUT2D eigenvalue weighted by Gasteiger charge is 2.22. The summed E-state index contributed by atoms with van der Waals surface area (Å²) in [6, 6.07) is 8.24. The van der Waals surface area contributed by atoms with E-state index in [0.29, 0.717) is 10.9 Å². The Labute approximate surface area is 120 Å². The van der Waals surface area contributed by atoms with Gasteiger partial charge < -0.3 is 9.73 Å². The van der Waals surface area contributed by atoms with Crippen LogP contribution in [0.4, 0.5) is 0 Å². The van der Waals surface area contributed by atoms with Crippen LogP contribution in [-0.4, -0.2) is 6.54 Å². The second-order valence-corrected chi connectivity index (χ2v) is 5.52. The fourth-order valence-corrected chi connectivity index (χ4v) is 2.85. The SMILES string of the molecule is CCCC(C)C(NCC)c1cc2cccc(Cl)c2o1. The topological polar surface area (TPSA) is 25.2 Å². The molecule has 1 N–H and O–H groups in total. The van der Waals surface area contributed by atoms with Crippen LogP contribution in [0.25, 0.3) is 11.0 Å². The van der Waals surface area contributed by atoms with Crippen molar-refractivity contribution in [3.63, 3.8) is 0 Å². The number of para-hydroxylation sites is 1. The molecule has 0 saturated carbocycles. The molecule has 0 amide bonds. The fourth-order valence-electron chi connectivity index (χ4n) is 2.62. The number of hydrogen-bond acceptors (Lipinski definition) is 2. The van der Waals surface area contributed by atoms with E-state index in [2.05, 4.69) is 32.2 Å². The molecular formula is C16H22ClNO. The number of furan rings is 1. The van der Waals surface area contributed by atoms with Crippen LogP contribution < -0.4 is 5.32 Å². The summed E-state index contributed by atoms with van der Waals surface area (Å²) in [6.07, 6.45) is 2.37. The van der Waals surface area contributed by atoms with Gasteiger partial charge in [-0.1, -0.05) is 50.9 Å².